The summed E-state index contributed by atoms with van der Waals surface area (Å²) >= 11 is 0. The van der Waals surface area contributed by atoms with Gasteiger partial charge in [-0.1, -0.05) is 6.07 Å². The molecule has 0 amide bonds. The Bertz CT molecular complexity index is 636. The van der Waals surface area contributed by atoms with Crippen LogP contribution in [0.15, 0.2) is 24.4 Å². The van der Waals surface area contributed by atoms with Gasteiger partial charge in [-0.25, -0.2) is 0 Å². The molecule has 1 aromatic carbocycles. The van der Waals surface area contributed by atoms with Gasteiger partial charge in [0.25, 0.3) is 0 Å². The highest BCUT2D eigenvalue weighted by molar-refractivity contribution is 5.43. The highest BCUT2D eigenvalue weighted by Crippen LogP contribution is 2.30. The van der Waals surface area contributed by atoms with Crippen LogP contribution >= 0.6 is 0 Å². The van der Waals surface area contributed by atoms with E-state index in [1.165, 1.54) is 11.1 Å². The second kappa shape index (κ2) is 5.77. The Hall–Kier alpha value is -2.01. The van der Waals surface area contributed by atoms with Crippen molar-refractivity contribution >= 4 is 0 Å². The van der Waals surface area contributed by atoms with E-state index in [4.69, 9.17) is 9.47 Å². The second-order valence-electron chi connectivity index (χ2n) is 5.42. The number of ether oxygens (including phenoxy) is 2. The molecule has 1 aliphatic heterocycles. The van der Waals surface area contributed by atoms with Gasteiger partial charge in [-0.05, 0) is 31.5 Å². The summed E-state index contributed by atoms with van der Waals surface area (Å²) in [5, 5.41) is 7.91. The monoisotopic (exact) mass is 287 g/mol. The predicted molar refractivity (Wildman–Crippen MR) is 80.6 cm³/mol. The zero-order valence-electron chi connectivity index (χ0n) is 12.7. The summed E-state index contributed by atoms with van der Waals surface area (Å²) in [5.41, 5.74) is 3.49. The van der Waals surface area contributed by atoms with Gasteiger partial charge in [-0.2, -0.15) is 5.10 Å². The van der Waals surface area contributed by atoms with Crippen LogP contribution in [0.1, 0.15) is 29.8 Å². The Kier molecular flexibility index (Phi) is 3.84. The van der Waals surface area contributed by atoms with E-state index in [2.05, 4.69) is 29.6 Å². The van der Waals surface area contributed by atoms with Crippen molar-refractivity contribution in [1.82, 2.24) is 15.1 Å². The fourth-order valence-corrected chi connectivity index (χ4v) is 2.62. The van der Waals surface area contributed by atoms with E-state index >= 15 is 0 Å². The van der Waals surface area contributed by atoms with Crippen LogP contribution in [0.5, 0.6) is 11.5 Å². The van der Waals surface area contributed by atoms with Crippen LogP contribution in [0.2, 0.25) is 0 Å². The lowest BCUT2D eigenvalue weighted by atomic mass is 10.1. The predicted octanol–water partition coefficient (Wildman–Crippen LogP) is 2.35. The van der Waals surface area contributed by atoms with E-state index in [0.717, 1.165) is 23.7 Å². The first-order valence-corrected chi connectivity index (χ1v) is 7.25. The van der Waals surface area contributed by atoms with Gasteiger partial charge >= 0.3 is 0 Å². The normalized spacial score (nSPS) is 15.0. The molecule has 0 aliphatic carbocycles. The summed E-state index contributed by atoms with van der Waals surface area (Å²) in [6.07, 6.45) is 2.07. The number of aromatic nitrogens is 2. The summed E-state index contributed by atoms with van der Waals surface area (Å²) in [7, 11) is 1.95. The van der Waals surface area contributed by atoms with Crippen LogP contribution < -0.4 is 14.8 Å². The van der Waals surface area contributed by atoms with Crippen molar-refractivity contribution in [3.05, 3.63) is 41.2 Å². The molecular formula is C16H21N3O2. The standard InChI is InChI=1S/C16H21N3O2/c1-11(14-10-19(3)18-12(14)2)17-9-13-4-5-15-16(8-13)21-7-6-20-15/h4-5,8,10-11,17H,6-7,9H2,1-3H3/t11-/m0/s1. The molecule has 0 bridgehead atoms. The molecule has 5 heteroatoms. The fraction of sp³-hybridized carbons (Fsp3) is 0.438. The van der Waals surface area contributed by atoms with Crippen LogP contribution in [0.25, 0.3) is 0 Å². The van der Waals surface area contributed by atoms with Gasteiger partial charge in [-0.15, -0.1) is 0 Å². The lowest BCUT2D eigenvalue weighted by Gasteiger charge is -2.19. The number of fused-ring (bicyclic) bond motifs is 1. The smallest absolute Gasteiger partial charge is 0.161 e. The van der Waals surface area contributed by atoms with Crippen molar-refractivity contribution in [3.8, 4) is 11.5 Å². The number of benzene rings is 1. The first kappa shape index (κ1) is 13.9. The molecule has 0 saturated heterocycles. The molecular weight excluding hydrogens is 266 g/mol. The summed E-state index contributed by atoms with van der Waals surface area (Å²) in [4.78, 5) is 0. The molecule has 0 saturated carbocycles. The second-order valence-corrected chi connectivity index (χ2v) is 5.42. The van der Waals surface area contributed by atoms with Crippen molar-refractivity contribution in [3.63, 3.8) is 0 Å². The number of nitrogens with zero attached hydrogens (tertiary/aromatic N) is 2. The quantitative estimate of drug-likeness (QED) is 0.938. The molecule has 0 fully saturated rings. The number of hydrogen-bond acceptors (Lipinski definition) is 4. The third-order valence-corrected chi connectivity index (χ3v) is 3.74. The fourth-order valence-electron chi connectivity index (χ4n) is 2.62. The average Bonchev–Trinajstić information content (AvgIpc) is 2.83. The molecule has 21 heavy (non-hydrogen) atoms. The van der Waals surface area contributed by atoms with Crippen LogP contribution in [0.3, 0.4) is 0 Å². The Morgan fingerprint density at radius 2 is 2.05 bits per heavy atom. The lowest BCUT2D eigenvalue weighted by Crippen LogP contribution is -2.19. The minimum Gasteiger partial charge on any atom is -0.486 e. The maximum atomic E-state index is 5.61. The maximum absolute atomic E-state index is 5.61. The molecule has 3 rings (SSSR count). The summed E-state index contributed by atoms with van der Waals surface area (Å²) < 4.78 is 13.0. The highest BCUT2D eigenvalue weighted by atomic mass is 16.6. The first-order chi connectivity index (χ1) is 10.1. The van der Waals surface area contributed by atoms with E-state index in [9.17, 15) is 0 Å². The van der Waals surface area contributed by atoms with Crippen LogP contribution in [0.4, 0.5) is 0 Å². The molecule has 0 spiro atoms. The number of nitrogens with one attached hydrogen (secondary N) is 1. The summed E-state index contributed by atoms with van der Waals surface area (Å²) in [6, 6.07) is 6.35. The third kappa shape index (κ3) is 3.03. The summed E-state index contributed by atoms with van der Waals surface area (Å²) in [5.74, 6) is 1.67. The molecule has 1 aliphatic rings. The van der Waals surface area contributed by atoms with Crippen molar-refractivity contribution in [2.24, 2.45) is 7.05 Å². The van der Waals surface area contributed by atoms with Crippen molar-refractivity contribution in [2.45, 2.75) is 26.4 Å². The average molecular weight is 287 g/mol. The molecule has 0 radical (unpaired) electrons. The van der Waals surface area contributed by atoms with Gasteiger partial charge < -0.3 is 14.8 Å². The number of hydrogen-bond donors (Lipinski definition) is 1. The SMILES string of the molecule is Cc1nn(C)cc1[C@H](C)NCc1ccc2c(c1)OCCO2. The van der Waals surface area contributed by atoms with Gasteiger partial charge in [0.1, 0.15) is 13.2 Å². The molecule has 1 N–H and O–H groups in total. The van der Waals surface area contributed by atoms with Gasteiger partial charge in [0.2, 0.25) is 0 Å². The number of aryl methyl sites for hydroxylation is 2. The molecule has 0 unspecified atom stereocenters. The van der Waals surface area contributed by atoms with E-state index in [0.29, 0.717) is 13.2 Å². The van der Waals surface area contributed by atoms with Crippen molar-refractivity contribution < 1.29 is 9.47 Å². The van der Waals surface area contributed by atoms with Gasteiger partial charge in [-0.3, -0.25) is 4.68 Å². The van der Waals surface area contributed by atoms with E-state index in [-0.39, 0.29) is 6.04 Å². The number of rotatable bonds is 4. The third-order valence-electron chi connectivity index (χ3n) is 3.74. The Labute approximate surface area is 124 Å². The molecule has 5 nitrogen and oxygen atoms in total. The highest BCUT2D eigenvalue weighted by Gasteiger charge is 2.14. The molecule has 112 valence electrons. The molecule has 1 aromatic heterocycles. The Morgan fingerprint density at radius 1 is 1.29 bits per heavy atom. The largest absolute Gasteiger partial charge is 0.486 e. The van der Waals surface area contributed by atoms with E-state index in [1.54, 1.807) is 0 Å². The minimum atomic E-state index is 0.256. The molecule has 2 aromatic rings. The zero-order valence-corrected chi connectivity index (χ0v) is 12.7. The van der Waals surface area contributed by atoms with E-state index in [1.807, 2.05) is 30.8 Å². The first-order valence-electron chi connectivity index (χ1n) is 7.25. The topological polar surface area (TPSA) is 48.3 Å². The van der Waals surface area contributed by atoms with Gasteiger partial charge in [0, 0.05) is 31.4 Å². The lowest BCUT2D eigenvalue weighted by molar-refractivity contribution is 0.171. The Balaban J connectivity index is 1.66. The maximum Gasteiger partial charge on any atom is 0.161 e. The molecule has 1 atom stereocenters. The van der Waals surface area contributed by atoms with Crippen LogP contribution in [0, 0.1) is 6.92 Å². The summed E-state index contributed by atoms with van der Waals surface area (Å²) in [6.45, 7) is 6.23. The van der Waals surface area contributed by atoms with E-state index < -0.39 is 0 Å². The van der Waals surface area contributed by atoms with Crippen LogP contribution in [-0.2, 0) is 13.6 Å². The minimum absolute atomic E-state index is 0.256. The zero-order chi connectivity index (χ0) is 14.8. The van der Waals surface area contributed by atoms with Gasteiger partial charge in [0.05, 0.1) is 5.69 Å². The Morgan fingerprint density at radius 3 is 2.76 bits per heavy atom. The van der Waals surface area contributed by atoms with Crippen LogP contribution in [-0.4, -0.2) is 23.0 Å². The van der Waals surface area contributed by atoms with Gasteiger partial charge in [0.15, 0.2) is 11.5 Å². The van der Waals surface area contributed by atoms with Crippen molar-refractivity contribution in [2.75, 3.05) is 13.2 Å². The molecule has 2 heterocycles. The van der Waals surface area contributed by atoms with Crippen molar-refractivity contribution in [1.29, 1.82) is 0 Å².